The number of carbonyl (C=O) groups is 4. The van der Waals surface area contributed by atoms with Gasteiger partial charge in [0.2, 0.25) is 23.6 Å². The lowest BCUT2D eigenvalue weighted by Crippen LogP contribution is -2.54. The third-order valence-electron chi connectivity index (χ3n) is 3.87. The lowest BCUT2D eigenvalue weighted by molar-refractivity contribution is -0.139. The number of hydrogen-bond donors (Lipinski definition) is 2. The summed E-state index contributed by atoms with van der Waals surface area (Å²) in [5.41, 5.74) is 0. The Morgan fingerprint density at radius 2 is 1.85 bits per heavy atom. The van der Waals surface area contributed by atoms with E-state index in [1.54, 1.807) is 4.90 Å². The maximum atomic E-state index is 12.1. The molecule has 2 aliphatic heterocycles. The van der Waals surface area contributed by atoms with Gasteiger partial charge in [-0.1, -0.05) is 0 Å². The topological polar surface area (TPSA) is 95.6 Å². The van der Waals surface area contributed by atoms with E-state index in [1.165, 1.54) is 6.92 Å². The van der Waals surface area contributed by atoms with E-state index in [-0.39, 0.29) is 30.1 Å². The van der Waals surface area contributed by atoms with Crippen molar-refractivity contribution < 1.29 is 19.2 Å². The number of amides is 4. The van der Waals surface area contributed by atoms with Crippen LogP contribution in [0.5, 0.6) is 0 Å². The fraction of sp³-hybridized carbons (Fsp3) is 0.692. The van der Waals surface area contributed by atoms with E-state index in [1.807, 2.05) is 0 Å². The maximum Gasteiger partial charge on any atom is 0.249 e. The van der Waals surface area contributed by atoms with Crippen molar-refractivity contribution in [1.29, 1.82) is 0 Å². The first kappa shape index (κ1) is 14.5. The highest BCUT2D eigenvalue weighted by atomic mass is 16.2. The van der Waals surface area contributed by atoms with Crippen molar-refractivity contribution in [2.24, 2.45) is 5.92 Å². The molecule has 4 amide bonds. The summed E-state index contributed by atoms with van der Waals surface area (Å²) in [5, 5.41) is 4.91. The number of nitrogens with one attached hydrogen (secondary N) is 2. The van der Waals surface area contributed by atoms with Gasteiger partial charge in [0.15, 0.2) is 0 Å². The molecule has 0 aromatic carbocycles. The normalized spacial score (nSPS) is 24.2. The molecule has 2 heterocycles. The Kier molecular flexibility index (Phi) is 4.36. The van der Waals surface area contributed by atoms with E-state index in [0.29, 0.717) is 32.4 Å². The summed E-state index contributed by atoms with van der Waals surface area (Å²) in [5.74, 6) is -1.04. The van der Waals surface area contributed by atoms with E-state index in [2.05, 4.69) is 10.6 Å². The van der Waals surface area contributed by atoms with Crippen LogP contribution >= 0.6 is 0 Å². The molecular formula is C13H19N3O4. The van der Waals surface area contributed by atoms with Crippen LogP contribution in [-0.4, -0.2) is 47.7 Å². The van der Waals surface area contributed by atoms with Gasteiger partial charge < -0.3 is 10.2 Å². The van der Waals surface area contributed by atoms with Gasteiger partial charge in [0.25, 0.3) is 0 Å². The molecule has 110 valence electrons. The summed E-state index contributed by atoms with van der Waals surface area (Å²) in [7, 11) is 0. The van der Waals surface area contributed by atoms with Gasteiger partial charge in [-0.15, -0.1) is 0 Å². The van der Waals surface area contributed by atoms with Gasteiger partial charge in [0, 0.05) is 32.4 Å². The third-order valence-corrected chi connectivity index (χ3v) is 3.87. The Morgan fingerprint density at radius 3 is 2.40 bits per heavy atom. The van der Waals surface area contributed by atoms with Crippen LogP contribution in [0, 0.1) is 5.92 Å². The zero-order chi connectivity index (χ0) is 14.7. The number of nitrogens with zero attached hydrogens (tertiary/aromatic N) is 1. The zero-order valence-electron chi connectivity index (χ0n) is 11.5. The highest BCUT2D eigenvalue weighted by molar-refractivity contribution is 6.01. The Morgan fingerprint density at radius 1 is 1.20 bits per heavy atom. The van der Waals surface area contributed by atoms with Crippen molar-refractivity contribution in [3.05, 3.63) is 0 Å². The number of hydrogen-bond acceptors (Lipinski definition) is 4. The SMILES string of the molecule is CC(=O)N1CCC(C(=O)NC2CCC(=O)NC2=O)CC1. The molecule has 0 bridgehead atoms. The van der Waals surface area contributed by atoms with Gasteiger partial charge in [-0.2, -0.15) is 0 Å². The summed E-state index contributed by atoms with van der Waals surface area (Å²) in [4.78, 5) is 47.6. The van der Waals surface area contributed by atoms with Gasteiger partial charge >= 0.3 is 0 Å². The second kappa shape index (κ2) is 6.02. The fourth-order valence-electron chi connectivity index (χ4n) is 2.58. The van der Waals surface area contributed by atoms with Crippen molar-refractivity contribution in [2.45, 2.75) is 38.6 Å². The molecule has 0 radical (unpaired) electrons. The molecular weight excluding hydrogens is 262 g/mol. The third kappa shape index (κ3) is 3.34. The fourth-order valence-corrected chi connectivity index (χ4v) is 2.58. The highest BCUT2D eigenvalue weighted by Gasteiger charge is 2.31. The number of piperidine rings is 2. The molecule has 2 N–H and O–H groups in total. The van der Waals surface area contributed by atoms with Gasteiger partial charge in [0.1, 0.15) is 6.04 Å². The average Bonchev–Trinajstić information content (AvgIpc) is 2.42. The second-order valence-electron chi connectivity index (χ2n) is 5.29. The maximum absolute atomic E-state index is 12.1. The molecule has 1 atom stereocenters. The molecule has 7 heteroatoms. The standard InChI is InChI=1S/C13H19N3O4/c1-8(17)16-6-4-9(5-7-16)12(19)14-10-2-3-11(18)15-13(10)20/h9-10H,2-7H2,1H3,(H,14,19)(H,15,18,20). The van der Waals surface area contributed by atoms with Crippen molar-refractivity contribution >= 4 is 23.6 Å². The molecule has 2 rings (SSSR count). The summed E-state index contributed by atoms with van der Waals surface area (Å²) in [6.07, 6.45) is 1.82. The van der Waals surface area contributed by atoms with Crippen molar-refractivity contribution in [3.63, 3.8) is 0 Å². The van der Waals surface area contributed by atoms with Crippen molar-refractivity contribution in [3.8, 4) is 0 Å². The van der Waals surface area contributed by atoms with E-state index in [9.17, 15) is 19.2 Å². The number of likely N-dealkylation sites (tertiary alicyclic amines) is 1. The lowest BCUT2D eigenvalue weighted by atomic mass is 9.95. The quantitative estimate of drug-likeness (QED) is 0.646. The molecule has 7 nitrogen and oxygen atoms in total. The molecule has 1 unspecified atom stereocenters. The van der Waals surface area contributed by atoms with Crippen molar-refractivity contribution in [2.75, 3.05) is 13.1 Å². The smallest absolute Gasteiger partial charge is 0.249 e. The largest absolute Gasteiger partial charge is 0.344 e. The van der Waals surface area contributed by atoms with Crippen LogP contribution in [0.15, 0.2) is 0 Å². The van der Waals surface area contributed by atoms with Crippen LogP contribution in [0.2, 0.25) is 0 Å². The monoisotopic (exact) mass is 281 g/mol. The van der Waals surface area contributed by atoms with Crippen LogP contribution in [0.4, 0.5) is 0 Å². The van der Waals surface area contributed by atoms with E-state index >= 15 is 0 Å². The van der Waals surface area contributed by atoms with E-state index in [4.69, 9.17) is 0 Å². The predicted molar refractivity (Wildman–Crippen MR) is 69.3 cm³/mol. The number of carbonyl (C=O) groups excluding carboxylic acids is 4. The van der Waals surface area contributed by atoms with Crippen LogP contribution in [0.1, 0.15) is 32.6 Å². The molecule has 20 heavy (non-hydrogen) atoms. The van der Waals surface area contributed by atoms with E-state index in [0.717, 1.165) is 0 Å². The molecule has 0 aliphatic carbocycles. The summed E-state index contributed by atoms with van der Waals surface area (Å²) in [6, 6.07) is -0.619. The van der Waals surface area contributed by atoms with Gasteiger partial charge in [-0.3, -0.25) is 24.5 Å². The Hall–Kier alpha value is -1.92. The zero-order valence-corrected chi connectivity index (χ0v) is 11.5. The minimum Gasteiger partial charge on any atom is -0.344 e. The number of rotatable bonds is 2. The average molecular weight is 281 g/mol. The first-order valence-electron chi connectivity index (χ1n) is 6.87. The molecule has 0 spiro atoms. The predicted octanol–water partition coefficient (Wildman–Crippen LogP) is -0.834. The highest BCUT2D eigenvalue weighted by Crippen LogP contribution is 2.18. The van der Waals surface area contributed by atoms with Crippen LogP contribution < -0.4 is 10.6 Å². The van der Waals surface area contributed by atoms with Gasteiger partial charge in [-0.05, 0) is 19.3 Å². The summed E-state index contributed by atoms with van der Waals surface area (Å²) >= 11 is 0. The first-order chi connectivity index (χ1) is 9.47. The molecule has 0 saturated carbocycles. The van der Waals surface area contributed by atoms with E-state index < -0.39 is 11.9 Å². The lowest BCUT2D eigenvalue weighted by Gasteiger charge is -2.31. The Bertz CT molecular complexity index is 441. The minimum atomic E-state index is -0.619. The molecule has 2 saturated heterocycles. The summed E-state index contributed by atoms with van der Waals surface area (Å²) in [6.45, 7) is 2.66. The van der Waals surface area contributed by atoms with Gasteiger partial charge in [0.05, 0.1) is 0 Å². The first-order valence-corrected chi connectivity index (χ1v) is 6.87. The molecule has 2 aliphatic rings. The van der Waals surface area contributed by atoms with Crippen molar-refractivity contribution in [1.82, 2.24) is 15.5 Å². The molecule has 0 aromatic heterocycles. The minimum absolute atomic E-state index is 0.0222. The second-order valence-corrected chi connectivity index (χ2v) is 5.29. The number of imide groups is 1. The van der Waals surface area contributed by atoms with Crippen LogP contribution in [-0.2, 0) is 19.2 Å². The Labute approximate surface area is 117 Å². The van der Waals surface area contributed by atoms with Crippen LogP contribution in [0.3, 0.4) is 0 Å². The molecule has 0 aromatic rings. The van der Waals surface area contributed by atoms with Gasteiger partial charge in [-0.25, -0.2) is 0 Å². The molecule has 2 fully saturated rings. The Balaban J connectivity index is 1.82. The van der Waals surface area contributed by atoms with Crippen LogP contribution in [0.25, 0.3) is 0 Å². The summed E-state index contributed by atoms with van der Waals surface area (Å²) < 4.78 is 0.